The molecule has 3 aromatic carbocycles. The summed E-state index contributed by atoms with van der Waals surface area (Å²) in [6.45, 7) is 0. The van der Waals surface area contributed by atoms with E-state index in [1.165, 1.54) is 0 Å². The van der Waals surface area contributed by atoms with E-state index in [1.807, 2.05) is 66.7 Å². The van der Waals surface area contributed by atoms with Crippen LogP contribution in [-0.4, -0.2) is 4.21 Å². The minimum absolute atomic E-state index is 0.527. The Kier molecular flexibility index (Phi) is 3.09. The van der Waals surface area contributed by atoms with Gasteiger partial charge in [-0.3, -0.25) is 4.21 Å². The van der Waals surface area contributed by atoms with Crippen LogP contribution in [0.1, 0.15) is 5.56 Å². The lowest BCUT2D eigenvalue weighted by Crippen LogP contribution is -2.28. The molecular weight excluding hydrogens is 290 g/mol. The van der Waals surface area contributed by atoms with Gasteiger partial charge in [-0.05, 0) is 33.4 Å². The van der Waals surface area contributed by atoms with E-state index in [1.54, 1.807) is 0 Å². The van der Waals surface area contributed by atoms with Crippen LogP contribution in [0.5, 0.6) is 0 Å². The molecule has 0 unspecified atom stereocenters. The third-order valence-corrected chi connectivity index (χ3v) is 6.64. The molecule has 0 saturated heterocycles. The predicted molar refractivity (Wildman–Crippen MR) is 93.5 cm³/mol. The minimum Gasteiger partial charge on any atom is -0.322 e. The van der Waals surface area contributed by atoms with Crippen molar-refractivity contribution in [1.82, 2.24) is 0 Å². The van der Waals surface area contributed by atoms with Gasteiger partial charge in [-0.25, -0.2) is 0 Å². The Balaban J connectivity index is 1.87. The summed E-state index contributed by atoms with van der Waals surface area (Å²) < 4.78 is 17.0. The van der Waals surface area contributed by atoms with E-state index in [2.05, 4.69) is 16.9 Å². The highest BCUT2D eigenvalue weighted by Gasteiger charge is 2.28. The molecule has 0 bridgehead atoms. The maximum absolute atomic E-state index is 13.7. The third-order valence-electron chi connectivity index (χ3n) is 4.06. The first kappa shape index (κ1) is 13.3. The summed E-state index contributed by atoms with van der Waals surface area (Å²) in [5.74, 6) is 0.527. The average molecular weight is 307 g/mol. The van der Waals surface area contributed by atoms with Crippen molar-refractivity contribution in [1.29, 1.82) is 0 Å². The second-order valence-corrected chi connectivity index (χ2v) is 8.06. The lowest BCUT2D eigenvalue weighted by atomic mass is 10.0. The largest absolute Gasteiger partial charge is 0.322 e. The molecule has 0 spiro atoms. The molecule has 3 aromatic rings. The van der Waals surface area contributed by atoms with Crippen LogP contribution in [-0.2, 0) is 15.9 Å². The molecule has 4 rings (SSSR count). The van der Waals surface area contributed by atoms with Crippen LogP contribution in [0.25, 0.3) is 11.1 Å². The van der Waals surface area contributed by atoms with Crippen LogP contribution in [0.4, 0.5) is 5.69 Å². The number of benzene rings is 3. The maximum atomic E-state index is 13.7. The van der Waals surface area contributed by atoms with Gasteiger partial charge in [0, 0.05) is 16.2 Å². The molecule has 0 amide bonds. The summed E-state index contributed by atoms with van der Waals surface area (Å²) in [4.78, 5) is 0.928. The molecule has 0 atom stereocenters. The van der Waals surface area contributed by atoms with Crippen molar-refractivity contribution in [3.05, 3.63) is 84.4 Å². The molecule has 1 aliphatic heterocycles. The summed E-state index contributed by atoms with van der Waals surface area (Å²) in [7, 11) is -2.71. The highest BCUT2D eigenvalue weighted by Crippen LogP contribution is 2.42. The van der Waals surface area contributed by atoms with E-state index in [-0.39, 0.29) is 0 Å². The van der Waals surface area contributed by atoms with Gasteiger partial charge in [-0.1, -0.05) is 66.7 Å². The molecule has 0 saturated carbocycles. The number of nitrogens with one attached hydrogen (secondary N) is 1. The molecule has 0 aromatic heterocycles. The van der Waals surface area contributed by atoms with Gasteiger partial charge in [0.25, 0.3) is 0 Å². The number of hydrogen-bond acceptors (Lipinski definition) is 1. The van der Waals surface area contributed by atoms with Crippen LogP contribution < -0.4 is 4.72 Å². The minimum atomic E-state index is -2.71. The van der Waals surface area contributed by atoms with Crippen molar-refractivity contribution in [3.8, 4) is 11.1 Å². The SMILES string of the molecule is O=[SH]1(Cc2ccccc2)Nc2ccccc2-c2ccccc21. The quantitative estimate of drug-likeness (QED) is 0.680. The van der Waals surface area contributed by atoms with Gasteiger partial charge in [0.05, 0.1) is 5.69 Å². The van der Waals surface area contributed by atoms with Gasteiger partial charge in [0.1, 0.15) is 0 Å². The lowest BCUT2D eigenvalue weighted by molar-refractivity contribution is 0.673. The molecule has 2 nitrogen and oxygen atoms in total. The molecule has 0 aliphatic carbocycles. The Morgan fingerprint density at radius 2 is 1.36 bits per heavy atom. The Morgan fingerprint density at radius 1 is 0.727 bits per heavy atom. The van der Waals surface area contributed by atoms with Crippen molar-refractivity contribution < 1.29 is 4.21 Å². The van der Waals surface area contributed by atoms with E-state index in [0.29, 0.717) is 5.75 Å². The second-order valence-electron chi connectivity index (χ2n) is 5.56. The predicted octanol–water partition coefficient (Wildman–Crippen LogP) is 4.27. The molecule has 0 radical (unpaired) electrons. The normalized spacial score (nSPS) is 16.0. The second kappa shape index (κ2) is 5.11. The molecule has 3 heteroatoms. The number of rotatable bonds is 2. The Labute approximate surface area is 131 Å². The number of anilines is 1. The van der Waals surface area contributed by atoms with Crippen molar-refractivity contribution in [2.75, 3.05) is 4.72 Å². The fourth-order valence-electron chi connectivity index (χ4n) is 3.05. The van der Waals surface area contributed by atoms with Gasteiger partial charge >= 0.3 is 0 Å². The van der Waals surface area contributed by atoms with Gasteiger partial charge in [0.2, 0.25) is 0 Å². The Bertz CT molecular complexity index is 867. The lowest BCUT2D eigenvalue weighted by Gasteiger charge is -2.34. The van der Waals surface area contributed by atoms with Crippen molar-refractivity contribution in [3.63, 3.8) is 0 Å². The summed E-state index contributed by atoms with van der Waals surface area (Å²) in [6.07, 6.45) is 0. The maximum Gasteiger partial charge on any atom is 0.0525 e. The molecule has 1 aliphatic rings. The molecule has 22 heavy (non-hydrogen) atoms. The molecule has 1 N–H and O–H groups in total. The summed E-state index contributed by atoms with van der Waals surface area (Å²) in [5.41, 5.74) is 4.25. The van der Waals surface area contributed by atoms with Crippen LogP contribution >= 0.6 is 0 Å². The number of hydrogen-bond donors (Lipinski definition) is 2. The van der Waals surface area contributed by atoms with Gasteiger partial charge in [-0.15, -0.1) is 0 Å². The highest BCUT2D eigenvalue weighted by molar-refractivity contribution is 8.03. The van der Waals surface area contributed by atoms with Crippen molar-refractivity contribution in [2.45, 2.75) is 10.6 Å². The molecular formula is C19H17NOS. The summed E-state index contributed by atoms with van der Waals surface area (Å²) in [6, 6.07) is 26.1. The monoisotopic (exact) mass is 307 g/mol. The van der Waals surface area contributed by atoms with Gasteiger partial charge < -0.3 is 4.72 Å². The number of para-hydroxylation sites is 1. The first-order valence-electron chi connectivity index (χ1n) is 7.36. The smallest absolute Gasteiger partial charge is 0.0525 e. The zero-order valence-electron chi connectivity index (χ0n) is 12.1. The van der Waals surface area contributed by atoms with Crippen molar-refractivity contribution in [2.24, 2.45) is 0 Å². The zero-order valence-corrected chi connectivity index (χ0v) is 13.0. The fraction of sp³-hybridized carbons (Fsp3) is 0.0526. The van der Waals surface area contributed by atoms with E-state index < -0.39 is 10.1 Å². The van der Waals surface area contributed by atoms with E-state index in [4.69, 9.17) is 0 Å². The molecule has 0 fully saturated rings. The van der Waals surface area contributed by atoms with Gasteiger partial charge in [-0.2, -0.15) is 0 Å². The van der Waals surface area contributed by atoms with Gasteiger partial charge in [0.15, 0.2) is 0 Å². The first-order chi connectivity index (χ1) is 10.8. The zero-order chi connectivity index (χ0) is 15.0. The summed E-state index contributed by atoms with van der Waals surface area (Å²) in [5, 5.41) is 0. The van der Waals surface area contributed by atoms with Crippen LogP contribution in [0.15, 0.2) is 83.8 Å². The van der Waals surface area contributed by atoms with Crippen LogP contribution in [0.3, 0.4) is 0 Å². The topological polar surface area (TPSA) is 29.1 Å². The summed E-state index contributed by atoms with van der Waals surface area (Å²) >= 11 is 0. The number of thiol groups is 1. The van der Waals surface area contributed by atoms with E-state index >= 15 is 0 Å². The first-order valence-corrected chi connectivity index (χ1v) is 9.26. The van der Waals surface area contributed by atoms with E-state index in [9.17, 15) is 4.21 Å². The van der Waals surface area contributed by atoms with Crippen LogP contribution in [0, 0.1) is 0 Å². The molecule has 1 heterocycles. The Hall–Kier alpha value is -2.39. The van der Waals surface area contributed by atoms with Crippen LogP contribution in [0.2, 0.25) is 0 Å². The van der Waals surface area contributed by atoms with E-state index in [0.717, 1.165) is 27.3 Å². The average Bonchev–Trinajstić information content (AvgIpc) is 2.56. The van der Waals surface area contributed by atoms with Crippen molar-refractivity contribution >= 4 is 15.8 Å². The number of fused-ring (bicyclic) bond motifs is 3. The highest BCUT2D eigenvalue weighted by atomic mass is 32.3. The molecule has 110 valence electrons. The Morgan fingerprint density at radius 3 is 2.18 bits per heavy atom. The third kappa shape index (κ3) is 2.14. The standard InChI is InChI=1S/C19H17NOS/c21-22(14-15-8-2-1-3-9-15)19-13-7-5-11-17(19)16-10-4-6-12-18(16)20-22/h1-13,22H,14H2,(H,20,21). The fourth-order valence-corrected chi connectivity index (χ4v) is 5.64.